The van der Waals surface area contributed by atoms with Gasteiger partial charge in [0.1, 0.15) is 5.82 Å². The van der Waals surface area contributed by atoms with Crippen molar-refractivity contribution in [1.29, 1.82) is 0 Å². The first-order valence-electron chi connectivity index (χ1n) is 8.45. The summed E-state index contributed by atoms with van der Waals surface area (Å²) in [6, 6.07) is 12.4. The highest BCUT2D eigenvalue weighted by molar-refractivity contribution is 7.89. The number of carbonyl (C=O) groups excluding carboxylic acids is 1. The molecule has 0 aliphatic heterocycles. The summed E-state index contributed by atoms with van der Waals surface area (Å²) in [6.07, 6.45) is 0. The monoisotopic (exact) mass is 393 g/mol. The van der Waals surface area contributed by atoms with Gasteiger partial charge in [-0.15, -0.1) is 0 Å². The quantitative estimate of drug-likeness (QED) is 0.675. The Morgan fingerprint density at radius 1 is 1.07 bits per heavy atom. The molecule has 6 nitrogen and oxygen atoms in total. The van der Waals surface area contributed by atoms with Crippen molar-refractivity contribution in [3.8, 4) is 0 Å². The highest BCUT2D eigenvalue weighted by Crippen LogP contribution is 2.24. The number of rotatable bonds is 7. The second-order valence-corrected chi connectivity index (χ2v) is 8.64. The highest BCUT2D eigenvalue weighted by Gasteiger charge is 2.24. The van der Waals surface area contributed by atoms with Gasteiger partial charge in [-0.1, -0.05) is 44.2 Å². The lowest BCUT2D eigenvalue weighted by Crippen LogP contribution is -2.42. The molecule has 146 valence electrons. The van der Waals surface area contributed by atoms with Crippen molar-refractivity contribution in [2.45, 2.75) is 30.7 Å². The van der Waals surface area contributed by atoms with E-state index in [-0.39, 0.29) is 23.8 Å². The third-order valence-corrected chi connectivity index (χ3v) is 5.64. The predicted molar refractivity (Wildman–Crippen MR) is 102 cm³/mol. The van der Waals surface area contributed by atoms with Crippen LogP contribution in [0.4, 0.5) is 9.18 Å². The van der Waals surface area contributed by atoms with Crippen molar-refractivity contribution in [1.82, 2.24) is 15.4 Å². The average molecular weight is 393 g/mol. The number of sulfonamides is 1. The number of carbonyl (C=O) groups is 1. The molecule has 0 saturated heterocycles. The molecular weight excluding hydrogens is 369 g/mol. The number of benzene rings is 2. The zero-order valence-electron chi connectivity index (χ0n) is 15.5. The molecule has 0 fully saturated rings. The molecular formula is C19H24FN3O3S. The van der Waals surface area contributed by atoms with E-state index in [1.165, 1.54) is 25.2 Å². The van der Waals surface area contributed by atoms with Crippen LogP contribution in [0.1, 0.15) is 25.0 Å². The van der Waals surface area contributed by atoms with Crippen molar-refractivity contribution in [3.63, 3.8) is 0 Å². The number of urea groups is 1. The molecule has 2 aromatic rings. The summed E-state index contributed by atoms with van der Waals surface area (Å²) < 4.78 is 39.9. The minimum Gasteiger partial charge on any atom is -0.337 e. The zero-order valence-corrected chi connectivity index (χ0v) is 16.4. The molecule has 0 atom stereocenters. The number of hydrogen-bond acceptors (Lipinski definition) is 3. The van der Waals surface area contributed by atoms with Gasteiger partial charge in [-0.2, -0.15) is 0 Å². The highest BCUT2D eigenvalue weighted by atomic mass is 32.2. The van der Waals surface area contributed by atoms with Gasteiger partial charge in [0, 0.05) is 18.5 Å². The van der Waals surface area contributed by atoms with Crippen LogP contribution < -0.4 is 15.4 Å². The Morgan fingerprint density at radius 3 is 2.44 bits per heavy atom. The SMILES string of the molecule is CNS(=O)(=O)c1cccc(CNC(=O)NCC(C)(C)c2ccccc2F)c1. The molecule has 2 amide bonds. The van der Waals surface area contributed by atoms with Gasteiger partial charge in [0.25, 0.3) is 0 Å². The van der Waals surface area contributed by atoms with E-state index >= 15 is 0 Å². The lowest BCUT2D eigenvalue weighted by Gasteiger charge is -2.26. The van der Waals surface area contributed by atoms with Crippen LogP contribution >= 0.6 is 0 Å². The fourth-order valence-corrected chi connectivity index (χ4v) is 3.39. The van der Waals surface area contributed by atoms with Crippen LogP contribution in [-0.4, -0.2) is 28.0 Å². The normalized spacial score (nSPS) is 11.9. The summed E-state index contributed by atoms with van der Waals surface area (Å²) in [4.78, 5) is 12.2. The van der Waals surface area contributed by atoms with Gasteiger partial charge in [-0.25, -0.2) is 22.3 Å². The lowest BCUT2D eigenvalue weighted by molar-refractivity contribution is 0.238. The number of nitrogens with one attached hydrogen (secondary N) is 3. The van der Waals surface area contributed by atoms with Crippen LogP contribution in [0, 0.1) is 5.82 Å². The van der Waals surface area contributed by atoms with E-state index in [4.69, 9.17) is 0 Å². The summed E-state index contributed by atoms with van der Waals surface area (Å²) in [5.74, 6) is -0.313. The van der Waals surface area contributed by atoms with Gasteiger partial charge in [0.15, 0.2) is 0 Å². The van der Waals surface area contributed by atoms with Crippen LogP contribution in [0.5, 0.6) is 0 Å². The van der Waals surface area contributed by atoms with Gasteiger partial charge in [0.05, 0.1) is 4.90 Å². The van der Waals surface area contributed by atoms with E-state index in [9.17, 15) is 17.6 Å². The molecule has 0 radical (unpaired) electrons. The first-order valence-corrected chi connectivity index (χ1v) is 9.93. The zero-order chi connectivity index (χ0) is 20.1. The maximum absolute atomic E-state index is 14.0. The Balaban J connectivity index is 1.94. The molecule has 0 aliphatic carbocycles. The lowest BCUT2D eigenvalue weighted by atomic mass is 9.84. The van der Waals surface area contributed by atoms with Crippen molar-refractivity contribution >= 4 is 16.1 Å². The number of amides is 2. The molecule has 3 N–H and O–H groups in total. The molecule has 0 unspecified atom stereocenters. The maximum Gasteiger partial charge on any atom is 0.315 e. The van der Waals surface area contributed by atoms with Gasteiger partial charge >= 0.3 is 6.03 Å². The summed E-state index contributed by atoms with van der Waals surface area (Å²) in [6.45, 7) is 4.10. The Labute approximate surface area is 159 Å². The van der Waals surface area contributed by atoms with E-state index < -0.39 is 21.5 Å². The largest absolute Gasteiger partial charge is 0.337 e. The van der Waals surface area contributed by atoms with Gasteiger partial charge in [-0.05, 0) is 36.4 Å². The topological polar surface area (TPSA) is 87.3 Å². The summed E-state index contributed by atoms with van der Waals surface area (Å²) in [5, 5.41) is 5.40. The molecule has 8 heteroatoms. The van der Waals surface area contributed by atoms with Crippen molar-refractivity contribution in [2.75, 3.05) is 13.6 Å². The Bertz CT molecular complexity index is 914. The number of halogens is 1. The van der Waals surface area contributed by atoms with Crippen LogP contribution in [0.3, 0.4) is 0 Å². The van der Waals surface area contributed by atoms with E-state index in [0.717, 1.165) is 0 Å². The molecule has 0 heterocycles. The average Bonchev–Trinajstić information content (AvgIpc) is 2.65. The molecule has 27 heavy (non-hydrogen) atoms. The van der Waals surface area contributed by atoms with Crippen molar-refractivity contribution in [3.05, 3.63) is 65.5 Å². The Kier molecular flexibility index (Phi) is 6.56. The summed E-state index contributed by atoms with van der Waals surface area (Å²) in [7, 11) is -2.20. The van der Waals surface area contributed by atoms with Crippen molar-refractivity contribution in [2.24, 2.45) is 0 Å². The summed E-state index contributed by atoms with van der Waals surface area (Å²) >= 11 is 0. The second-order valence-electron chi connectivity index (χ2n) is 6.75. The molecule has 2 aromatic carbocycles. The molecule has 2 rings (SSSR count). The van der Waals surface area contributed by atoms with E-state index in [1.54, 1.807) is 30.3 Å². The fourth-order valence-electron chi connectivity index (χ4n) is 2.59. The van der Waals surface area contributed by atoms with Gasteiger partial charge in [0.2, 0.25) is 10.0 Å². The predicted octanol–water partition coefficient (Wildman–Crippen LogP) is 2.51. The molecule has 0 saturated carbocycles. The molecule has 0 aliphatic rings. The maximum atomic E-state index is 14.0. The first kappa shape index (κ1) is 20.9. The van der Waals surface area contributed by atoms with Crippen molar-refractivity contribution < 1.29 is 17.6 Å². The summed E-state index contributed by atoms with van der Waals surface area (Å²) in [5.41, 5.74) is 0.592. The van der Waals surface area contributed by atoms with Crippen LogP contribution in [0.15, 0.2) is 53.4 Å². The molecule has 0 spiro atoms. The Morgan fingerprint density at radius 2 is 1.78 bits per heavy atom. The second kappa shape index (κ2) is 8.49. The Hall–Kier alpha value is -2.45. The number of hydrogen-bond donors (Lipinski definition) is 3. The van der Waals surface area contributed by atoms with E-state index in [0.29, 0.717) is 11.1 Å². The van der Waals surface area contributed by atoms with E-state index in [1.807, 2.05) is 13.8 Å². The van der Waals surface area contributed by atoms with E-state index in [2.05, 4.69) is 15.4 Å². The minimum atomic E-state index is -3.54. The van der Waals surface area contributed by atoms with Gasteiger partial charge in [-0.3, -0.25) is 0 Å². The standard InChI is InChI=1S/C19H24FN3O3S/c1-19(2,16-9-4-5-10-17(16)20)13-23-18(24)22-12-14-7-6-8-15(11-14)27(25,26)21-3/h4-11,21H,12-13H2,1-3H3,(H2,22,23,24). The minimum absolute atomic E-state index is 0.130. The van der Waals surface area contributed by atoms with Crippen LogP contribution in [0.2, 0.25) is 0 Å². The third-order valence-electron chi connectivity index (χ3n) is 4.22. The van der Waals surface area contributed by atoms with Crippen LogP contribution in [0.25, 0.3) is 0 Å². The molecule has 0 aromatic heterocycles. The molecule has 0 bridgehead atoms. The van der Waals surface area contributed by atoms with Crippen LogP contribution in [-0.2, 0) is 22.0 Å². The smallest absolute Gasteiger partial charge is 0.315 e. The first-order chi connectivity index (χ1) is 12.7. The third kappa shape index (κ3) is 5.51. The fraction of sp³-hybridized carbons (Fsp3) is 0.316. The van der Waals surface area contributed by atoms with Gasteiger partial charge < -0.3 is 10.6 Å².